The molecule has 1 fully saturated rings. The van der Waals surface area contributed by atoms with Gasteiger partial charge in [0.25, 0.3) is 0 Å². The Kier molecular flexibility index (Phi) is 3.03. The van der Waals surface area contributed by atoms with E-state index in [2.05, 4.69) is 32.0 Å². The Morgan fingerprint density at radius 3 is 3.00 bits per heavy atom. The van der Waals surface area contributed by atoms with Crippen LogP contribution in [0.2, 0.25) is 0 Å². The molecule has 104 valence electrons. The van der Waals surface area contributed by atoms with E-state index in [0.29, 0.717) is 0 Å². The number of rotatable bonds is 4. The van der Waals surface area contributed by atoms with Gasteiger partial charge in [0.15, 0.2) is 0 Å². The molecule has 0 aliphatic heterocycles. The SMILES string of the molecule is c1cc(CNC2CC2)cc(-n2cnc3c2CCCC3)n1. The minimum Gasteiger partial charge on any atom is -0.310 e. The first-order valence-corrected chi connectivity index (χ1v) is 7.64. The van der Waals surface area contributed by atoms with Gasteiger partial charge in [0, 0.05) is 24.5 Å². The van der Waals surface area contributed by atoms with Gasteiger partial charge < -0.3 is 5.32 Å². The molecule has 4 rings (SSSR count). The van der Waals surface area contributed by atoms with Gasteiger partial charge in [0.2, 0.25) is 0 Å². The largest absolute Gasteiger partial charge is 0.310 e. The van der Waals surface area contributed by atoms with Crippen LogP contribution in [0.15, 0.2) is 24.7 Å². The van der Waals surface area contributed by atoms with Crippen molar-refractivity contribution < 1.29 is 0 Å². The van der Waals surface area contributed by atoms with Gasteiger partial charge in [-0.15, -0.1) is 0 Å². The van der Waals surface area contributed by atoms with E-state index >= 15 is 0 Å². The molecule has 0 amide bonds. The van der Waals surface area contributed by atoms with E-state index in [-0.39, 0.29) is 0 Å². The minimum absolute atomic E-state index is 0.743. The van der Waals surface area contributed by atoms with Crippen molar-refractivity contribution in [2.24, 2.45) is 0 Å². The summed E-state index contributed by atoms with van der Waals surface area (Å²) in [6.45, 7) is 0.942. The number of hydrogen-bond donors (Lipinski definition) is 1. The van der Waals surface area contributed by atoms with Crippen molar-refractivity contribution in [3.05, 3.63) is 41.6 Å². The van der Waals surface area contributed by atoms with Gasteiger partial charge in [-0.1, -0.05) is 0 Å². The zero-order chi connectivity index (χ0) is 13.4. The van der Waals surface area contributed by atoms with Crippen LogP contribution in [0.4, 0.5) is 0 Å². The quantitative estimate of drug-likeness (QED) is 0.926. The average Bonchev–Trinajstić information content (AvgIpc) is 3.23. The Labute approximate surface area is 119 Å². The second-order valence-electron chi connectivity index (χ2n) is 5.89. The second kappa shape index (κ2) is 5.02. The normalized spacial score (nSPS) is 18.0. The van der Waals surface area contributed by atoms with Crippen LogP contribution in [0.25, 0.3) is 5.82 Å². The van der Waals surface area contributed by atoms with Gasteiger partial charge >= 0.3 is 0 Å². The van der Waals surface area contributed by atoms with E-state index in [1.165, 1.54) is 42.6 Å². The number of pyridine rings is 1. The van der Waals surface area contributed by atoms with Crippen molar-refractivity contribution in [2.45, 2.75) is 51.1 Å². The lowest BCUT2D eigenvalue weighted by Crippen LogP contribution is -2.15. The van der Waals surface area contributed by atoms with Crippen LogP contribution < -0.4 is 5.32 Å². The van der Waals surface area contributed by atoms with Crippen LogP contribution in [0.1, 0.15) is 42.6 Å². The first kappa shape index (κ1) is 12.1. The van der Waals surface area contributed by atoms with E-state index < -0.39 is 0 Å². The number of aryl methyl sites for hydroxylation is 1. The fourth-order valence-electron chi connectivity index (χ4n) is 2.92. The third kappa shape index (κ3) is 2.36. The predicted octanol–water partition coefficient (Wildman–Crippen LogP) is 2.40. The lowest BCUT2D eigenvalue weighted by atomic mass is 10.0. The first-order chi connectivity index (χ1) is 9.90. The van der Waals surface area contributed by atoms with Gasteiger partial charge in [-0.05, 0) is 56.2 Å². The van der Waals surface area contributed by atoms with Gasteiger partial charge in [-0.2, -0.15) is 0 Å². The van der Waals surface area contributed by atoms with E-state index in [1.54, 1.807) is 0 Å². The van der Waals surface area contributed by atoms with Crippen molar-refractivity contribution in [1.29, 1.82) is 0 Å². The van der Waals surface area contributed by atoms with Crippen molar-refractivity contribution in [2.75, 3.05) is 0 Å². The summed E-state index contributed by atoms with van der Waals surface area (Å²) in [4.78, 5) is 9.08. The van der Waals surface area contributed by atoms with Gasteiger partial charge in [-0.25, -0.2) is 9.97 Å². The van der Waals surface area contributed by atoms with Gasteiger partial charge in [0.1, 0.15) is 12.1 Å². The molecule has 4 heteroatoms. The molecule has 0 unspecified atom stereocenters. The third-order valence-corrected chi connectivity index (χ3v) is 4.26. The highest BCUT2D eigenvalue weighted by Crippen LogP contribution is 2.23. The molecular weight excluding hydrogens is 248 g/mol. The predicted molar refractivity (Wildman–Crippen MR) is 77.9 cm³/mol. The third-order valence-electron chi connectivity index (χ3n) is 4.26. The molecule has 0 bridgehead atoms. The number of fused-ring (bicyclic) bond motifs is 1. The smallest absolute Gasteiger partial charge is 0.138 e. The highest BCUT2D eigenvalue weighted by atomic mass is 15.1. The van der Waals surface area contributed by atoms with Crippen LogP contribution in [0, 0.1) is 0 Å². The molecule has 0 atom stereocenters. The van der Waals surface area contributed by atoms with Crippen LogP contribution in [-0.2, 0) is 19.4 Å². The summed E-state index contributed by atoms with van der Waals surface area (Å²) in [6.07, 6.45) is 11.3. The number of nitrogens with one attached hydrogen (secondary N) is 1. The van der Waals surface area contributed by atoms with Crippen LogP contribution in [0.3, 0.4) is 0 Å². The standard InChI is InChI=1S/C16H20N4/c1-2-4-15-14(3-1)19-11-20(15)16-9-12(7-8-17-16)10-18-13-5-6-13/h7-9,11,13,18H,1-6,10H2. The second-order valence-corrected chi connectivity index (χ2v) is 5.89. The topological polar surface area (TPSA) is 42.7 Å². The Morgan fingerprint density at radius 1 is 1.20 bits per heavy atom. The summed E-state index contributed by atoms with van der Waals surface area (Å²) in [5.74, 6) is 1.01. The van der Waals surface area contributed by atoms with E-state index in [9.17, 15) is 0 Å². The van der Waals surface area contributed by atoms with Crippen LogP contribution >= 0.6 is 0 Å². The number of aromatic nitrogens is 3. The van der Waals surface area contributed by atoms with Crippen LogP contribution in [-0.4, -0.2) is 20.6 Å². The molecule has 0 saturated heterocycles. The lowest BCUT2D eigenvalue weighted by Gasteiger charge is -2.14. The molecule has 2 aliphatic carbocycles. The van der Waals surface area contributed by atoms with Crippen molar-refractivity contribution >= 4 is 0 Å². The van der Waals surface area contributed by atoms with Crippen molar-refractivity contribution in [3.63, 3.8) is 0 Å². The maximum Gasteiger partial charge on any atom is 0.138 e. The summed E-state index contributed by atoms with van der Waals surface area (Å²) in [7, 11) is 0. The maximum absolute atomic E-state index is 4.55. The molecule has 1 saturated carbocycles. The molecule has 0 radical (unpaired) electrons. The number of nitrogens with zero attached hydrogens (tertiary/aromatic N) is 3. The number of hydrogen-bond acceptors (Lipinski definition) is 3. The summed E-state index contributed by atoms with van der Waals surface area (Å²) in [6, 6.07) is 5.03. The Morgan fingerprint density at radius 2 is 2.10 bits per heavy atom. The molecule has 2 aromatic rings. The van der Waals surface area contributed by atoms with Crippen molar-refractivity contribution in [3.8, 4) is 5.82 Å². The first-order valence-electron chi connectivity index (χ1n) is 7.64. The summed E-state index contributed by atoms with van der Waals surface area (Å²) in [5, 5.41) is 3.56. The molecule has 1 N–H and O–H groups in total. The summed E-state index contributed by atoms with van der Waals surface area (Å²) < 4.78 is 2.18. The van der Waals surface area contributed by atoms with Crippen molar-refractivity contribution in [1.82, 2.24) is 19.9 Å². The van der Waals surface area contributed by atoms with E-state index in [0.717, 1.165) is 31.2 Å². The molecule has 0 aromatic carbocycles. The number of imidazole rings is 1. The Balaban J connectivity index is 1.60. The monoisotopic (exact) mass is 268 g/mol. The lowest BCUT2D eigenvalue weighted by molar-refractivity contribution is 0.653. The van der Waals surface area contributed by atoms with Gasteiger partial charge in [-0.3, -0.25) is 4.57 Å². The minimum atomic E-state index is 0.743. The highest BCUT2D eigenvalue weighted by molar-refractivity contribution is 5.33. The fourth-order valence-corrected chi connectivity index (χ4v) is 2.92. The zero-order valence-corrected chi connectivity index (χ0v) is 11.7. The van der Waals surface area contributed by atoms with E-state index in [4.69, 9.17) is 0 Å². The Hall–Kier alpha value is -1.68. The Bertz CT molecular complexity index is 613. The molecule has 20 heavy (non-hydrogen) atoms. The van der Waals surface area contributed by atoms with Gasteiger partial charge in [0.05, 0.1) is 5.69 Å². The molecule has 4 nitrogen and oxygen atoms in total. The molecule has 2 heterocycles. The molecule has 2 aliphatic rings. The average molecular weight is 268 g/mol. The fraction of sp³-hybridized carbons (Fsp3) is 0.500. The summed E-state index contributed by atoms with van der Waals surface area (Å²) >= 11 is 0. The molecule has 0 spiro atoms. The highest BCUT2D eigenvalue weighted by Gasteiger charge is 2.20. The molecule has 2 aromatic heterocycles. The molecular formula is C16H20N4. The maximum atomic E-state index is 4.55. The summed E-state index contributed by atoms with van der Waals surface area (Å²) in [5.41, 5.74) is 3.93. The van der Waals surface area contributed by atoms with Crippen LogP contribution in [0.5, 0.6) is 0 Å². The zero-order valence-electron chi connectivity index (χ0n) is 11.7. The van der Waals surface area contributed by atoms with E-state index in [1.807, 2.05) is 12.5 Å².